The number of aromatic amines is 1. The zero-order valence-corrected chi connectivity index (χ0v) is 14.3. The molecule has 1 fully saturated rings. The Bertz CT molecular complexity index is 700. The molecule has 0 spiro atoms. The molecule has 0 unspecified atom stereocenters. The first-order valence-corrected chi connectivity index (χ1v) is 8.05. The Morgan fingerprint density at radius 1 is 1.25 bits per heavy atom. The standard InChI is InChI=1S/C17H23N5O2/c1-12-16(13(2)20-19-12)21-7-9-22(10-8-21)17(23)18-14-5-4-6-15(11-14)24-3/h4-6,11H,7-10H2,1-3H3,(H,18,23)(H,19,20). The van der Waals surface area contributed by atoms with Crippen LogP contribution in [0, 0.1) is 13.8 Å². The van der Waals surface area contributed by atoms with Crippen LogP contribution in [0.1, 0.15) is 11.4 Å². The molecule has 0 saturated carbocycles. The topological polar surface area (TPSA) is 73.5 Å². The van der Waals surface area contributed by atoms with Crippen molar-refractivity contribution >= 4 is 17.4 Å². The van der Waals surface area contributed by atoms with Gasteiger partial charge in [-0.2, -0.15) is 5.10 Å². The van der Waals surface area contributed by atoms with Crippen LogP contribution in [0.4, 0.5) is 16.2 Å². The van der Waals surface area contributed by atoms with Crippen molar-refractivity contribution in [1.82, 2.24) is 15.1 Å². The number of urea groups is 1. The van der Waals surface area contributed by atoms with E-state index in [1.54, 1.807) is 7.11 Å². The Hall–Kier alpha value is -2.70. The zero-order chi connectivity index (χ0) is 17.1. The van der Waals surface area contributed by atoms with Gasteiger partial charge in [0, 0.05) is 37.9 Å². The van der Waals surface area contributed by atoms with E-state index in [1.807, 2.05) is 43.0 Å². The number of carbonyl (C=O) groups excluding carboxylic acids is 1. The lowest BCUT2D eigenvalue weighted by molar-refractivity contribution is 0.208. The zero-order valence-electron chi connectivity index (χ0n) is 14.3. The quantitative estimate of drug-likeness (QED) is 0.907. The second-order valence-electron chi connectivity index (χ2n) is 5.92. The summed E-state index contributed by atoms with van der Waals surface area (Å²) in [7, 11) is 1.61. The molecular formula is C17H23N5O2. The van der Waals surface area contributed by atoms with E-state index >= 15 is 0 Å². The smallest absolute Gasteiger partial charge is 0.321 e. The number of ether oxygens (including phenoxy) is 1. The maximum atomic E-state index is 12.4. The third-order valence-electron chi connectivity index (χ3n) is 4.29. The van der Waals surface area contributed by atoms with Gasteiger partial charge in [0.2, 0.25) is 0 Å². The summed E-state index contributed by atoms with van der Waals surface area (Å²) in [5, 5.41) is 10.2. The minimum atomic E-state index is -0.0801. The van der Waals surface area contributed by atoms with Gasteiger partial charge >= 0.3 is 6.03 Å². The van der Waals surface area contributed by atoms with E-state index in [0.29, 0.717) is 13.1 Å². The highest BCUT2D eigenvalue weighted by atomic mass is 16.5. The first-order valence-electron chi connectivity index (χ1n) is 8.05. The number of hydrogen-bond acceptors (Lipinski definition) is 4. The van der Waals surface area contributed by atoms with E-state index in [9.17, 15) is 4.79 Å². The number of carbonyl (C=O) groups is 1. The van der Waals surface area contributed by atoms with Gasteiger partial charge in [0.15, 0.2) is 0 Å². The van der Waals surface area contributed by atoms with Gasteiger partial charge in [0.25, 0.3) is 0 Å². The fourth-order valence-corrected chi connectivity index (χ4v) is 3.05. The third kappa shape index (κ3) is 3.29. The summed E-state index contributed by atoms with van der Waals surface area (Å²) in [6, 6.07) is 7.30. The summed E-state index contributed by atoms with van der Waals surface area (Å²) in [5.41, 5.74) is 3.97. The molecule has 0 atom stereocenters. The fourth-order valence-electron chi connectivity index (χ4n) is 3.05. The summed E-state index contributed by atoms with van der Waals surface area (Å²) < 4.78 is 5.18. The van der Waals surface area contributed by atoms with E-state index in [4.69, 9.17) is 4.74 Å². The molecule has 0 bridgehead atoms. The molecule has 2 N–H and O–H groups in total. The van der Waals surface area contributed by atoms with Gasteiger partial charge in [0.1, 0.15) is 5.75 Å². The molecule has 2 amide bonds. The maximum absolute atomic E-state index is 12.4. The summed E-state index contributed by atoms with van der Waals surface area (Å²) in [4.78, 5) is 16.5. The van der Waals surface area contributed by atoms with E-state index < -0.39 is 0 Å². The number of piperazine rings is 1. The van der Waals surface area contributed by atoms with E-state index in [1.165, 1.54) is 0 Å². The van der Waals surface area contributed by atoms with Crippen molar-refractivity contribution in [2.75, 3.05) is 43.5 Å². The van der Waals surface area contributed by atoms with Gasteiger partial charge in [-0.3, -0.25) is 5.10 Å². The molecule has 7 nitrogen and oxygen atoms in total. The molecule has 0 aliphatic carbocycles. The monoisotopic (exact) mass is 329 g/mol. The molecule has 128 valence electrons. The van der Waals surface area contributed by atoms with Crippen LogP contribution in [0.2, 0.25) is 0 Å². The number of nitrogens with zero attached hydrogens (tertiary/aromatic N) is 3. The van der Waals surface area contributed by atoms with Gasteiger partial charge in [0.05, 0.1) is 24.2 Å². The van der Waals surface area contributed by atoms with Gasteiger partial charge in [-0.25, -0.2) is 4.79 Å². The molecule has 1 aromatic carbocycles. The Balaban J connectivity index is 1.59. The van der Waals surface area contributed by atoms with Crippen LogP contribution in [-0.2, 0) is 0 Å². The molecule has 1 saturated heterocycles. The number of amides is 2. The Kier molecular flexibility index (Phi) is 4.59. The van der Waals surface area contributed by atoms with Crippen molar-refractivity contribution in [2.45, 2.75) is 13.8 Å². The van der Waals surface area contributed by atoms with Crippen LogP contribution in [0.25, 0.3) is 0 Å². The lowest BCUT2D eigenvalue weighted by Crippen LogP contribution is -2.50. The Labute approximate surface area is 141 Å². The first kappa shape index (κ1) is 16.2. The molecule has 0 radical (unpaired) electrons. The minimum Gasteiger partial charge on any atom is -0.497 e. The lowest BCUT2D eigenvalue weighted by Gasteiger charge is -2.36. The number of aromatic nitrogens is 2. The highest BCUT2D eigenvalue weighted by Crippen LogP contribution is 2.23. The number of nitrogens with one attached hydrogen (secondary N) is 2. The number of H-pyrrole nitrogens is 1. The van der Waals surface area contributed by atoms with E-state index in [-0.39, 0.29) is 6.03 Å². The number of methoxy groups -OCH3 is 1. The van der Waals surface area contributed by atoms with Crippen molar-refractivity contribution in [2.24, 2.45) is 0 Å². The molecule has 1 aliphatic heterocycles. The summed E-state index contributed by atoms with van der Waals surface area (Å²) in [5.74, 6) is 0.725. The van der Waals surface area contributed by atoms with Crippen LogP contribution in [-0.4, -0.2) is 54.4 Å². The average molecular weight is 329 g/mol. The molecule has 1 aliphatic rings. The molecular weight excluding hydrogens is 306 g/mol. The fraction of sp³-hybridized carbons (Fsp3) is 0.412. The predicted octanol–water partition coefficient (Wildman–Crippen LogP) is 2.39. The lowest BCUT2D eigenvalue weighted by atomic mass is 10.2. The van der Waals surface area contributed by atoms with Crippen LogP contribution in [0.3, 0.4) is 0 Å². The van der Waals surface area contributed by atoms with Crippen molar-refractivity contribution in [3.8, 4) is 5.75 Å². The molecule has 7 heteroatoms. The maximum Gasteiger partial charge on any atom is 0.321 e. The third-order valence-corrected chi connectivity index (χ3v) is 4.29. The number of aryl methyl sites for hydroxylation is 2. The average Bonchev–Trinajstić information content (AvgIpc) is 2.94. The summed E-state index contributed by atoms with van der Waals surface area (Å²) >= 11 is 0. The van der Waals surface area contributed by atoms with Crippen LogP contribution < -0.4 is 15.0 Å². The highest BCUT2D eigenvalue weighted by molar-refractivity contribution is 5.89. The number of hydrogen-bond donors (Lipinski definition) is 2. The van der Waals surface area contributed by atoms with E-state index in [2.05, 4.69) is 20.4 Å². The Morgan fingerprint density at radius 2 is 2.00 bits per heavy atom. The summed E-state index contributed by atoms with van der Waals surface area (Å²) in [6.07, 6.45) is 0. The van der Waals surface area contributed by atoms with Gasteiger partial charge in [-0.15, -0.1) is 0 Å². The largest absolute Gasteiger partial charge is 0.497 e. The molecule has 3 rings (SSSR count). The van der Waals surface area contributed by atoms with Crippen LogP contribution >= 0.6 is 0 Å². The Morgan fingerprint density at radius 3 is 2.62 bits per heavy atom. The molecule has 1 aromatic heterocycles. The number of benzene rings is 1. The molecule has 24 heavy (non-hydrogen) atoms. The van der Waals surface area contributed by atoms with Gasteiger partial charge in [-0.1, -0.05) is 6.07 Å². The second-order valence-corrected chi connectivity index (χ2v) is 5.92. The summed E-state index contributed by atoms with van der Waals surface area (Å²) in [6.45, 7) is 6.98. The number of rotatable bonds is 3. The van der Waals surface area contributed by atoms with Crippen molar-refractivity contribution < 1.29 is 9.53 Å². The highest BCUT2D eigenvalue weighted by Gasteiger charge is 2.24. The van der Waals surface area contributed by atoms with Crippen molar-refractivity contribution in [1.29, 1.82) is 0 Å². The second kappa shape index (κ2) is 6.82. The van der Waals surface area contributed by atoms with Crippen molar-refractivity contribution in [3.05, 3.63) is 35.7 Å². The normalized spacial score (nSPS) is 14.6. The van der Waals surface area contributed by atoms with Gasteiger partial charge in [-0.05, 0) is 26.0 Å². The van der Waals surface area contributed by atoms with Crippen LogP contribution in [0.5, 0.6) is 5.75 Å². The van der Waals surface area contributed by atoms with Crippen LogP contribution in [0.15, 0.2) is 24.3 Å². The predicted molar refractivity (Wildman–Crippen MR) is 93.9 cm³/mol. The molecule has 2 heterocycles. The minimum absolute atomic E-state index is 0.0801. The van der Waals surface area contributed by atoms with Crippen molar-refractivity contribution in [3.63, 3.8) is 0 Å². The first-order chi connectivity index (χ1) is 11.6. The number of anilines is 2. The van der Waals surface area contributed by atoms with Gasteiger partial charge < -0.3 is 19.9 Å². The SMILES string of the molecule is COc1cccc(NC(=O)N2CCN(c3c(C)n[nH]c3C)CC2)c1. The van der Waals surface area contributed by atoms with E-state index in [0.717, 1.165) is 41.6 Å². The molecule has 2 aromatic rings.